The summed E-state index contributed by atoms with van der Waals surface area (Å²) in [6, 6.07) is 33.4. The molecular formula is C58H62N8O5. The maximum absolute atomic E-state index is 13.4. The van der Waals surface area contributed by atoms with Crippen molar-refractivity contribution in [1.29, 1.82) is 5.41 Å². The number of aliphatic hydroxyl groups is 1. The average molecular weight is 951 g/mol. The van der Waals surface area contributed by atoms with Gasteiger partial charge in [0.05, 0.1) is 34.6 Å². The molecule has 71 heavy (non-hydrogen) atoms. The Balaban J connectivity index is 0.742. The highest BCUT2D eigenvalue weighted by Crippen LogP contribution is 2.40. The molecule has 0 bridgehead atoms. The summed E-state index contributed by atoms with van der Waals surface area (Å²) in [4.78, 5) is 56.7. The number of unbranched alkanes of at least 4 members (excludes halogenated alkanes) is 5. The standard InChI is InChI=1S/C58H62N8O5/c1-39(60-34-14-4-5-15-35-61-47-27-17-26-46-51(47)58(71)66(57(46)70)48-32-33-49(68)63-56(48)69)18-8-2-3-9-19-40-20-16-21-41(36-40)37-64-53(43-24-12-7-13-25-43)50(42-22-10-6-11-23-42)52-54(59)65(38-62-55(52)64)44-28-30-45(67)31-29-44/h6-7,10-13,16-17,20-27,36,38,44-45,48,59-61,67H,1-5,8,14-15,18,28-35,37H2,(H,63,68,69). The van der Waals surface area contributed by atoms with E-state index in [4.69, 9.17) is 4.98 Å². The summed E-state index contributed by atoms with van der Waals surface area (Å²) in [5, 5.41) is 29.8. The van der Waals surface area contributed by atoms with Gasteiger partial charge in [-0.1, -0.05) is 110 Å². The number of hydrogen-bond donors (Lipinski definition) is 5. The molecule has 1 saturated heterocycles. The number of aromatic nitrogens is 3. The van der Waals surface area contributed by atoms with Crippen molar-refractivity contribution >= 4 is 40.3 Å². The Morgan fingerprint density at radius 2 is 1.52 bits per heavy atom. The van der Waals surface area contributed by atoms with E-state index in [1.54, 1.807) is 18.2 Å². The molecule has 4 aromatic carbocycles. The summed E-state index contributed by atoms with van der Waals surface area (Å²) in [6.07, 6.45) is 12.4. The lowest BCUT2D eigenvalue weighted by atomic mass is 9.93. The molecule has 4 heterocycles. The van der Waals surface area contributed by atoms with Gasteiger partial charge in [-0.05, 0) is 105 Å². The van der Waals surface area contributed by atoms with Crippen molar-refractivity contribution in [2.45, 2.75) is 115 Å². The fraction of sp³-hybridized carbons (Fsp3) is 0.345. The second kappa shape index (κ2) is 22.5. The first-order valence-corrected chi connectivity index (χ1v) is 25.2. The monoisotopic (exact) mass is 950 g/mol. The zero-order valence-electron chi connectivity index (χ0n) is 40.2. The molecule has 13 nitrogen and oxygen atoms in total. The second-order valence-corrected chi connectivity index (χ2v) is 19.0. The highest BCUT2D eigenvalue weighted by atomic mass is 16.3. The Hall–Kier alpha value is -7.56. The molecule has 9 rings (SSSR count). The van der Waals surface area contributed by atoms with E-state index in [1.165, 1.54) is 0 Å². The molecule has 4 amide bonds. The quantitative estimate of drug-likeness (QED) is 0.0304. The molecule has 2 fully saturated rings. The van der Waals surface area contributed by atoms with Crippen LogP contribution in [0.5, 0.6) is 0 Å². The van der Waals surface area contributed by atoms with Crippen molar-refractivity contribution in [3.8, 4) is 34.2 Å². The van der Waals surface area contributed by atoms with Crippen LogP contribution < -0.4 is 21.4 Å². The number of allylic oxidation sites excluding steroid dienone is 1. The summed E-state index contributed by atoms with van der Waals surface area (Å²) >= 11 is 0. The van der Waals surface area contributed by atoms with Gasteiger partial charge in [-0.25, -0.2) is 4.98 Å². The summed E-state index contributed by atoms with van der Waals surface area (Å²) in [7, 11) is 0. The van der Waals surface area contributed by atoms with Crippen LogP contribution in [0.3, 0.4) is 0 Å². The van der Waals surface area contributed by atoms with Crippen LogP contribution in [0.1, 0.15) is 128 Å². The number of amides is 4. The highest BCUT2D eigenvalue weighted by molar-refractivity contribution is 6.25. The number of carbonyl (C=O) groups is 4. The predicted octanol–water partition coefficient (Wildman–Crippen LogP) is 9.26. The molecular weight excluding hydrogens is 889 g/mol. The first kappa shape index (κ1) is 48.5. The summed E-state index contributed by atoms with van der Waals surface area (Å²) in [5.74, 6) is 4.79. The molecule has 2 aromatic heterocycles. The van der Waals surface area contributed by atoms with Gasteiger partial charge in [-0.2, -0.15) is 0 Å². The number of piperidine rings is 1. The largest absolute Gasteiger partial charge is 0.393 e. The third-order valence-corrected chi connectivity index (χ3v) is 14.0. The van der Waals surface area contributed by atoms with Crippen molar-refractivity contribution in [3.63, 3.8) is 0 Å². The van der Waals surface area contributed by atoms with Gasteiger partial charge in [0.25, 0.3) is 11.8 Å². The van der Waals surface area contributed by atoms with Gasteiger partial charge in [-0.3, -0.25) is 34.8 Å². The van der Waals surface area contributed by atoms with E-state index in [1.807, 2.05) is 35.2 Å². The maximum atomic E-state index is 13.4. The molecule has 6 aromatic rings. The van der Waals surface area contributed by atoms with Crippen molar-refractivity contribution in [1.82, 2.24) is 29.7 Å². The highest BCUT2D eigenvalue weighted by Gasteiger charge is 2.45. The number of carbonyl (C=O) groups excluding carboxylic acids is 4. The lowest BCUT2D eigenvalue weighted by Crippen LogP contribution is -2.54. The van der Waals surface area contributed by atoms with Gasteiger partial charge in [0.1, 0.15) is 17.2 Å². The van der Waals surface area contributed by atoms with E-state index >= 15 is 0 Å². The normalized spacial score (nSPS) is 17.7. The van der Waals surface area contributed by atoms with E-state index in [9.17, 15) is 29.7 Å². The third-order valence-electron chi connectivity index (χ3n) is 14.0. The Morgan fingerprint density at radius 3 is 2.28 bits per heavy atom. The minimum atomic E-state index is -0.986. The van der Waals surface area contributed by atoms with E-state index in [0.717, 1.165) is 139 Å². The van der Waals surface area contributed by atoms with Crippen LogP contribution in [0, 0.1) is 17.3 Å². The fourth-order valence-electron chi connectivity index (χ4n) is 10.3. The SMILES string of the molecule is C=C(CCCCC#Cc1cccc(Cn2c(-c3ccccc3)c(-c3ccccc3)c3c(=N)n(C4CCC(O)CC4)cnc32)c1)NCCCCCCNc1cccc2c1C(=O)N(C1CCC(=O)NC1=O)C2=O. The van der Waals surface area contributed by atoms with Crippen molar-refractivity contribution in [2.75, 3.05) is 18.4 Å². The van der Waals surface area contributed by atoms with Gasteiger partial charge in [0.2, 0.25) is 11.8 Å². The summed E-state index contributed by atoms with van der Waals surface area (Å²) < 4.78 is 4.29. The van der Waals surface area contributed by atoms with Gasteiger partial charge in [0, 0.05) is 61.0 Å². The predicted molar refractivity (Wildman–Crippen MR) is 276 cm³/mol. The summed E-state index contributed by atoms with van der Waals surface area (Å²) in [6.45, 7) is 6.30. The van der Waals surface area contributed by atoms with E-state index in [2.05, 4.69) is 99.6 Å². The van der Waals surface area contributed by atoms with E-state index < -0.39 is 29.7 Å². The lowest BCUT2D eigenvalue weighted by Gasteiger charge is -2.27. The molecule has 0 spiro atoms. The van der Waals surface area contributed by atoms with Gasteiger partial charge in [-0.15, -0.1) is 0 Å². The molecule has 1 atom stereocenters. The number of nitrogens with one attached hydrogen (secondary N) is 4. The fourth-order valence-corrected chi connectivity index (χ4v) is 10.3. The van der Waals surface area contributed by atoms with E-state index in [-0.39, 0.29) is 36.1 Å². The second-order valence-electron chi connectivity index (χ2n) is 19.0. The topological polar surface area (TPSA) is 174 Å². The Kier molecular flexibility index (Phi) is 15.3. The van der Waals surface area contributed by atoms with Crippen LogP contribution in [-0.4, -0.2) is 73.0 Å². The molecule has 1 saturated carbocycles. The van der Waals surface area contributed by atoms with Crippen LogP contribution in [0.2, 0.25) is 0 Å². The molecule has 0 radical (unpaired) electrons. The van der Waals surface area contributed by atoms with Crippen LogP contribution in [0.25, 0.3) is 33.4 Å². The first-order chi connectivity index (χ1) is 34.7. The third kappa shape index (κ3) is 10.9. The molecule has 5 N–H and O–H groups in total. The van der Waals surface area contributed by atoms with Gasteiger partial charge >= 0.3 is 0 Å². The van der Waals surface area contributed by atoms with Gasteiger partial charge < -0.3 is 24.9 Å². The summed E-state index contributed by atoms with van der Waals surface area (Å²) in [5.41, 5.74) is 9.58. The molecule has 1 unspecified atom stereocenters. The minimum Gasteiger partial charge on any atom is -0.393 e. The van der Waals surface area contributed by atoms with Crippen LogP contribution in [0.4, 0.5) is 5.69 Å². The number of benzene rings is 4. The smallest absolute Gasteiger partial charge is 0.264 e. The zero-order chi connectivity index (χ0) is 49.3. The number of aliphatic hydroxyl groups excluding tert-OH is 1. The molecule has 13 heteroatoms. The Bertz CT molecular complexity index is 3070. The molecule has 1 aliphatic carbocycles. The number of nitrogens with zero attached hydrogens (tertiary/aromatic N) is 4. The zero-order valence-corrected chi connectivity index (χ0v) is 40.2. The molecule has 2 aliphatic heterocycles. The number of rotatable bonds is 19. The molecule has 364 valence electrons. The number of fused-ring (bicyclic) bond motifs is 2. The number of anilines is 1. The number of hydrogen-bond acceptors (Lipinski definition) is 9. The van der Waals surface area contributed by atoms with Crippen molar-refractivity contribution in [3.05, 3.63) is 149 Å². The van der Waals surface area contributed by atoms with Gasteiger partial charge in [0.15, 0.2) is 0 Å². The first-order valence-electron chi connectivity index (χ1n) is 25.2. The Morgan fingerprint density at radius 1 is 0.789 bits per heavy atom. The van der Waals surface area contributed by atoms with Crippen LogP contribution in [-0.2, 0) is 16.1 Å². The lowest BCUT2D eigenvalue weighted by molar-refractivity contribution is -0.136. The van der Waals surface area contributed by atoms with Crippen molar-refractivity contribution in [2.24, 2.45) is 0 Å². The maximum Gasteiger partial charge on any atom is 0.264 e. The molecule has 3 aliphatic rings. The van der Waals surface area contributed by atoms with E-state index in [0.29, 0.717) is 24.3 Å². The minimum absolute atomic E-state index is 0.0846. The number of imide groups is 2. The average Bonchev–Trinajstić information content (AvgIpc) is 3.84. The van der Waals surface area contributed by atoms with Crippen LogP contribution in [0.15, 0.2) is 122 Å². The Labute approximate surface area is 414 Å². The van der Waals surface area contributed by atoms with Crippen LogP contribution >= 0.6 is 0 Å². The van der Waals surface area contributed by atoms with Crippen molar-refractivity contribution < 1.29 is 24.3 Å².